The normalized spacial score (nSPS) is 10.4. The maximum absolute atomic E-state index is 13.9. The second-order valence-corrected chi connectivity index (χ2v) is 3.99. The first-order valence-electron chi connectivity index (χ1n) is 5.60. The number of benzene rings is 2. The Bertz CT molecular complexity index is 555. The van der Waals surface area contributed by atoms with Crippen molar-refractivity contribution in [3.05, 3.63) is 59.7 Å². The molecule has 0 spiro atoms. The Kier molecular flexibility index (Phi) is 3.58. The van der Waals surface area contributed by atoms with E-state index in [4.69, 9.17) is 5.73 Å². The average Bonchev–Trinajstić information content (AvgIpc) is 2.37. The quantitative estimate of drug-likeness (QED) is 0.903. The van der Waals surface area contributed by atoms with Crippen molar-refractivity contribution in [3.63, 3.8) is 0 Å². The summed E-state index contributed by atoms with van der Waals surface area (Å²) in [7, 11) is 1.69. The summed E-state index contributed by atoms with van der Waals surface area (Å²) in [5, 5.41) is 0. The van der Waals surface area contributed by atoms with Crippen LogP contribution in [0.1, 0.15) is 5.56 Å². The number of hydrogen-bond acceptors (Lipinski definition) is 2. The first-order chi connectivity index (χ1) is 8.63. The van der Waals surface area contributed by atoms with Gasteiger partial charge < -0.3 is 10.6 Å². The molecule has 0 unspecified atom stereocenters. The molecule has 0 fully saturated rings. The Morgan fingerprint density at radius 1 is 1.11 bits per heavy atom. The van der Waals surface area contributed by atoms with Gasteiger partial charge in [-0.15, -0.1) is 0 Å². The summed E-state index contributed by atoms with van der Waals surface area (Å²) in [6, 6.07) is 10.7. The summed E-state index contributed by atoms with van der Waals surface area (Å²) in [4.78, 5) is 1.60. The van der Waals surface area contributed by atoms with Gasteiger partial charge in [0, 0.05) is 19.3 Å². The van der Waals surface area contributed by atoms with Crippen LogP contribution in [0.4, 0.5) is 20.2 Å². The van der Waals surface area contributed by atoms with E-state index in [1.807, 2.05) is 0 Å². The fourth-order valence-corrected chi connectivity index (χ4v) is 1.91. The highest BCUT2D eigenvalue weighted by Gasteiger charge is 2.13. The van der Waals surface area contributed by atoms with Crippen molar-refractivity contribution in [2.24, 2.45) is 5.73 Å². The average molecular weight is 248 g/mol. The number of nitrogens with two attached hydrogens (primary N) is 1. The molecule has 0 atom stereocenters. The molecule has 4 heteroatoms. The number of hydrogen-bond donors (Lipinski definition) is 1. The molecule has 0 aromatic heterocycles. The van der Waals surface area contributed by atoms with Gasteiger partial charge in [-0.25, -0.2) is 8.78 Å². The number of nitrogens with zero attached hydrogens (tertiary/aromatic N) is 1. The van der Waals surface area contributed by atoms with E-state index < -0.39 is 0 Å². The van der Waals surface area contributed by atoms with Crippen molar-refractivity contribution in [3.8, 4) is 0 Å². The minimum atomic E-state index is -0.371. The summed E-state index contributed by atoms with van der Waals surface area (Å²) < 4.78 is 27.1. The lowest BCUT2D eigenvalue weighted by molar-refractivity contribution is 0.622. The fraction of sp³-hybridized carbons (Fsp3) is 0.143. The van der Waals surface area contributed by atoms with Gasteiger partial charge in [0.1, 0.15) is 11.6 Å². The third-order valence-corrected chi connectivity index (χ3v) is 2.82. The molecular weight excluding hydrogens is 234 g/mol. The molecule has 0 bridgehead atoms. The van der Waals surface area contributed by atoms with E-state index in [9.17, 15) is 8.78 Å². The molecule has 0 saturated carbocycles. The van der Waals surface area contributed by atoms with Gasteiger partial charge in [-0.2, -0.15) is 0 Å². The molecule has 2 rings (SSSR count). The molecule has 0 amide bonds. The van der Waals surface area contributed by atoms with Crippen LogP contribution in [0.25, 0.3) is 0 Å². The molecule has 0 aliphatic rings. The van der Waals surface area contributed by atoms with Gasteiger partial charge in [0.2, 0.25) is 0 Å². The fourth-order valence-electron chi connectivity index (χ4n) is 1.91. The van der Waals surface area contributed by atoms with E-state index in [2.05, 4.69) is 0 Å². The van der Waals surface area contributed by atoms with Crippen LogP contribution in [0.5, 0.6) is 0 Å². The van der Waals surface area contributed by atoms with Gasteiger partial charge in [0.05, 0.1) is 5.69 Å². The first kappa shape index (κ1) is 12.5. The maximum atomic E-state index is 13.9. The molecule has 2 aromatic rings. The lowest BCUT2D eigenvalue weighted by Gasteiger charge is -2.22. The zero-order chi connectivity index (χ0) is 13.1. The highest BCUT2D eigenvalue weighted by atomic mass is 19.1. The number of para-hydroxylation sites is 1. The van der Waals surface area contributed by atoms with Gasteiger partial charge >= 0.3 is 0 Å². The predicted octanol–water partition coefficient (Wildman–Crippen LogP) is 3.19. The van der Waals surface area contributed by atoms with Crippen LogP contribution in [-0.4, -0.2) is 7.05 Å². The lowest BCUT2D eigenvalue weighted by atomic mass is 10.1. The van der Waals surface area contributed by atoms with E-state index in [1.165, 1.54) is 18.2 Å². The molecular formula is C14H14F2N2. The molecule has 0 radical (unpaired) electrons. The van der Waals surface area contributed by atoms with Crippen molar-refractivity contribution >= 4 is 11.4 Å². The molecule has 94 valence electrons. The Labute approximate surface area is 105 Å². The van der Waals surface area contributed by atoms with Crippen LogP contribution < -0.4 is 10.6 Å². The van der Waals surface area contributed by atoms with E-state index in [-0.39, 0.29) is 18.2 Å². The smallest absolute Gasteiger partial charge is 0.147 e. The summed E-state index contributed by atoms with van der Waals surface area (Å²) in [5.41, 5.74) is 7.24. The molecule has 2 aromatic carbocycles. The van der Waals surface area contributed by atoms with Gasteiger partial charge in [0.15, 0.2) is 0 Å². The van der Waals surface area contributed by atoms with Crippen LogP contribution in [-0.2, 0) is 6.54 Å². The lowest BCUT2D eigenvalue weighted by Crippen LogP contribution is -2.15. The minimum absolute atomic E-state index is 0.229. The number of anilines is 2. The molecule has 0 aliphatic carbocycles. The zero-order valence-electron chi connectivity index (χ0n) is 10.0. The van der Waals surface area contributed by atoms with Crippen molar-refractivity contribution < 1.29 is 8.78 Å². The number of rotatable bonds is 3. The van der Waals surface area contributed by atoms with E-state index >= 15 is 0 Å². The Balaban J connectivity index is 2.48. The third kappa shape index (κ3) is 2.33. The second kappa shape index (κ2) is 5.14. The van der Waals surface area contributed by atoms with E-state index in [0.29, 0.717) is 16.9 Å². The molecule has 0 heterocycles. The third-order valence-electron chi connectivity index (χ3n) is 2.82. The SMILES string of the molecule is CN(c1cccc(F)c1)c1c(F)cccc1CN. The van der Waals surface area contributed by atoms with Crippen LogP contribution >= 0.6 is 0 Å². The van der Waals surface area contributed by atoms with Gasteiger partial charge in [0.25, 0.3) is 0 Å². The summed E-state index contributed by atoms with van der Waals surface area (Å²) in [5.74, 6) is -0.727. The standard InChI is InChI=1S/C14H14F2N2/c1-18(12-6-3-5-11(15)8-12)14-10(9-17)4-2-7-13(14)16/h2-8H,9,17H2,1H3. The van der Waals surface area contributed by atoms with E-state index in [0.717, 1.165) is 0 Å². The highest BCUT2D eigenvalue weighted by molar-refractivity contribution is 5.66. The Morgan fingerprint density at radius 3 is 2.50 bits per heavy atom. The number of halogens is 2. The molecule has 2 N–H and O–H groups in total. The molecule has 2 nitrogen and oxygen atoms in total. The largest absolute Gasteiger partial charge is 0.342 e. The Morgan fingerprint density at radius 2 is 1.83 bits per heavy atom. The summed E-state index contributed by atoms with van der Waals surface area (Å²) in [6.45, 7) is 0.229. The van der Waals surface area contributed by atoms with Crippen LogP contribution in [0.15, 0.2) is 42.5 Å². The molecule has 0 aliphatic heterocycles. The van der Waals surface area contributed by atoms with Crippen molar-refractivity contribution in [2.45, 2.75) is 6.54 Å². The second-order valence-electron chi connectivity index (χ2n) is 3.99. The predicted molar refractivity (Wildman–Crippen MR) is 68.8 cm³/mol. The van der Waals surface area contributed by atoms with Crippen molar-refractivity contribution in [2.75, 3.05) is 11.9 Å². The zero-order valence-corrected chi connectivity index (χ0v) is 10.0. The first-order valence-corrected chi connectivity index (χ1v) is 5.60. The van der Waals surface area contributed by atoms with Gasteiger partial charge in [-0.1, -0.05) is 18.2 Å². The summed E-state index contributed by atoms with van der Waals surface area (Å²) >= 11 is 0. The maximum Gasteiger partial charge on any atom is 0.147 e. The molecule has 18 heavy (non-hydrogen) atoms. The minimum Gasteiger partial charge on any atom is -0.342 e. The van der Waals surface area contributed by atoms with Crippen molar-refractivity contribution in [1.29, 1.82) is 0 Å². The summed E-state index contributed by atoms with van der Waals surface area (Å²) in [6.07, 6.45) is 0. The van der Waals surface area contributed by atoms with E-state index in [1.54, 1.807) is 36.2 Å². The topological polar surface area (TPSA) is 29.3 Å². The van der Waals surface area contributed by atoms with Crippen LogP contribution in [0.2, 0.25) is 0 Å². The highest BCUT2D eigenvalue weighted by Crippen LogP contribution is 2.29. The van der Waals surface area contributed by atoms with Crippen molar-refractivity contribution in [1.82, 2.24) is 0 Å². The Hall–Kier alpha value is -1.94. The molecule has 0 saturated heterocycles. The van der Waals surface area contributed by atoms with Crippen LogP contribution in [0.3, 0.4) is 0 Å². The van der Waals surface area contributed by atoms with Gasteiger partial charge in [-0.05, 0) is 29.8 Å². The van der Waals surface area contributed by atoms with Gasteiger partial charge in [-0.3, -0.25) is 0 Å². The van der Waals surface area contributed by atoms with Crippen LogP contribution in [0, 0.1) is 11.6 Å². The monoisotopic (exact) mass is 248 g/mol.